The molecule has 1 atom stereocenters. The first-order chi connectivity index (χ1) is 22.5. The zero-order valence-corrected chi connectivity index (χ0v) is 29.0. The van der Waals surface area contributed by atoms with Crippen molar-refractivity contribution in [2.75, 3.05) is 11.3 Å². The van der Waals surface area contributed by atoms with Gasteiger partial charge in [-0.05, 0) is 69.4 Å². The highest BCUT2D eigenvalue weighted by atomic mass is 35.5. The second-order valence-electron chi connectivity index (χ2n) is 12.0. The highest BCUT2D eigenvalue weighted by Gasteiger charge is 2.24. The molecule has 14 heteroatoms. The Bertz CT molecular complexity index is 1800. The smallest absolute Gasteiger partial charge is 0.335 e. The van der Waals surface area contributed by atoms with Crippen LogP contribution in [0.5, 0.6) is 11.6 Å². The van der Waals surface area contributed by atoms with E-state index in [1.807, 2.05) is 45.9 Å². The molecule has 256 valence electrons. The minimum Gasteiger partial charge on any atom is -0.488 e. The van der Waals surface area contributed by atoms with E-state index in [9.17, 15) is 18.3 Å². The van der Waals surface area contributed by atoms with Crippen LogP contribution in [0.1, 0.15) is 66.8 Å². The highest BCUT2D eigenvalue weighted by molar-refractivity contribution is 7.92. The van der Waals surface area contributed by atoms with Crippen molar-refractivity contribution in [2.24, 2.45) is 5.92 Å². The van der Waals surface area contributed by atoms with E-state index in [1.54, 1.807) is 18.5 Å². The molecule has 3 N–H and O–H groups in total. The first kappa shape index (κ1) is 36.5. The molecular weight excluding hydrogens is 656 g/mol. The van der Waals surface area contributed by atoms with Crippen molar-refractivity contribution < 1.29 is 27.8 Å². The number of carbonyl (C=O) groups is 1. The maximum Gasteiger partial charge on any atom is 0.335 e. The van der Waals surface area contributed by atoms with Crippen molar-refractivity contribution in [1.29, 1.82) is 0 Å². The van der Waals surface area contributed by atoms with Crippen LogP contribution in [0.15, 0.2) is 65.8 Å². The first-order valence-electron chi connectivity index (χ1n) is 15.6. The van der Waals surface area contributed by atoms with Crippen LogP contribution >= 0.6 is 12.4 Å². The van der Waals surface area contributed by atoms with E-state index in [0.29, 0.717) is 29.7 Å². The van der Waals surface area contributed by atoms with Gasteiger partial charge in [0, 0.05) is 17.7 Å². The molecular formula is C34H41ClN6O6S. The van der Waals surface area contributed by atoms with Crippen molar-refractivity contribution >= 4 is 34.3 Å². The van der Waals surface area contributed by atoms with Crippen LogP contribution < -0.4 is 19.5 Å². The Kier molecular flexibility index (Phi) is 12.3. The second-order valence-corrected chi connectivity index (χ2v) is 13.7. The van der Waals surface area contributed by atoms with Gasteiger partial charge in [0.2, 0.25) is 11.8 Å². The third kappa shape index (κ3) is 9.61. The number of carboxylic acids is 1. The van der Waals surface area contributed by atoms with E-state index in [2.05, 4.69) is 30.0 Å². The molecule has 0 amide bonds. The fourth-order valence-corrected chi connectivity index (χ4v) is 6.39. The van der Waals surface area contributed by atoms with Gasteiger partial charge in [-0.1, -0.05) is 43.5 Å². The summed E-state index contributed by atoms with van der Waals surface area (Å²) in [5, 5.41) is 12.9. The average molecular weight is 697 g/mol. The summed E-state index contributed by atoms with van der Waals surface area (Å²) in [6.45, 7) is 8.49. The summed E-state index contributed by atoms with van der Waals surface area (Å²) < 4.78 is 41.0. The quantitative estimate of drug-likeness (QED) is 0.134. The van der Waals surface area contributed by atoms with Gasteiger partial charge in [-0.15, -0.1) is 12.4 Å². The lowest BCUT2D eigenvalue weighted by atomic mass is 9.81. The van der Waals surface area contributed by atoms with Crippen molar-refractivity contribution in [1.82, 2.24) is 25.3 Å². The predicted octanol–water partition coefficient (Wildman–Crippen LogP) is 5.99. The van der Waals surface area contributed by atoms with Gasteiger partial charge in [0.15, 0.2) is 5.75 Å². The second kappa shape index (κ2) is 16.2. The first-order valence-corrected chi connectivity index (χ1v) is 17.1. The number of hydrogen-bond acceptors (Lipinski definition) is 10. The number of aromatic carboxylic acids is 1. The van der Waals surface area contributed by atoms with E-state index < -0.39 is 16.0 Å². The fourth-order valence-electron chi connectivity index (χ4n) is 5.40. The van der Waals surface area contributed by atoms with Crippen molar-refractivity contribution in [3.05, 3.63) is 83.4 Å². The van der Waals surface area contributed by atoms with E-state index in [0.717, 1.165) is 42.0 Å². The van der Waals surface area contributed by atoms with Crippen LogP contribution in [0.3, 0.4) is 0 Å². The van der Waals surface area contributed by atoms with Crippen LogP contribution in [-0.2, 0) is 16.6 Å². The van der Waals surface area contributed by atoms with Gasteiger partial charge in [-0.2, -0.15) is 4.98 Å². The Balaban J connectivity index is 0.00000520. The number of aryl methyl sites for hydroxylation is 2. The standard InChI is InChI=1S/C34H40N6O6S.ClH/c1-21(2)46-27-17-36-30(37-18-27)19-35-26(14-24-10-6-11-24)20-45-31-16-29(32-22(3)8-5-9-23(32)4)38-34(39-31)40-47(43,44)28-13-7-12-25(15-28)33(41)42;/h5,7-9,12-13,15-18,21,24,26,35H,6,10-11,14,19-20H2,1-4H3,(H,41,42)(H,38,39,40);1H/t26-;/m1./s1. The summed E-state index contributed by atoms with van der Waals surface area (Å²) in [6, 6.07) is 12.6. The molecule has 2 heterocycles. The lowest BCUT2D eigenvalue weighted by molar-refractivity contribution is 0.0696. The van der Waals surface area contributed by atoms with Gasteiger partial charge >= 0.3 is 5.97 Å². The molecule has 1 aliphatic rings. The van der Waals surface area contributed by atoms with Crippen LogP contribution in [0, 0.1) is 19.8 Å². The molecule has 1 fully saturated rings. The van der Waals surface area contributed by atoms with Crippen molar-refractivity contribution in [3.63, 3.8) is 0 Å². The Labute approximate surface area is 287 Å². The largest absolute Gasteiger partial charge is 0.488 e. The number of halogens is 1. The number of nitrogens with zero attached hydrogens (tertiary/aromatic N) is 4. The summed E-state index contributed by atoms with van der Waals surface area (Å²) in [5.74, 6) is 0.589. The highest BCUT2D eigenvalue weighted by Crippen LogP contribution is 2.32. The Hall–Kier alpha value is -4.33. The molecule has 1 saturated carbocycles. The Morgan fingerprint density at radius 2 is 1.71 bits per heavy atom. The lowest BCUT2D eigenvalue weighted by Crippen LogP contribution is -2.37. The number of hydrogen-bond donors (Lipinski definition) is 3. The molecule has 0 spiro atoms. The van der Waals surface area contributed by atoms with E-state index >= 15 is 0 Å². The number of ether oxygens (including phenoxy) is 2. The number of rotatable bonds is 15. The number of benzene rings is 2. The SMILES string of the molecule is Cc1cccc(C)c1-c1cc(OC[C@@H](CC2CCC2)NCc2ncc(OC(C)C)cn2)nc(NS(=O)(=O)c2cccc(C(=O)O)c2)n1.Cl. The van der Waals surface area contributed by atoms with Crippen LogP contribution in [0.2, 0.25) is 0 Å². The topological polar surface area (TPSA) is 166 Å². The van der Waals surface area contributed by atoms with Crippen molar-refractivity contribution in [3.8, 4) is 22.9 Å². The summed E-state index contributed by atoms with van der Waals surface area (Å²) in [7, 11) is -4.23. The number of carboxylic acid groups (broad SMARTS) is 1. The predicted molar refractivity (Wildman–Crippen MR) is 184 cm³/mol. The zero-order valence-electron chi connectivity index (χ0n) is 27.3. The summed E-state index contributed by atoms with van der Waals surface area (Å²) in [6.07, 6.45) is 7.79. The molecule has 0 unspecified atom stereocenters. The van der Waals surface area contributed by atoms with Gasteiger partial charge in [-0.25, -0.2) is 32.9 Å². The summed E-state index contributed by atoms with van der Waals surface area (Å²) >= 11 is 0. The summed E-state index contributed by atoms with van der Waals surface area (Å²) in [4.78, 5) is 29.1. The molecule has 48 heavy (non-hydrogen) atoms. The minimum atomic E-state index is -4.23. The molecule has 2 aromatic heterocycles. The van der Waals surface area contributed by atoms with E-state index in [4.69, 9.17) is 9.47 Å². The number of nitrogens with one attached hydrogen (secondary N) is 2. The van der Waals surface area contributed by atoms with Gasteiger partial charge in [0.25, 0.3) is 10.0 Å². The lowest BCUT2D eigenvalue weighted by Gasteiger charge is -2.30. The monoisotopic (exact) mass is 696 g/mol. The van der Waals surface area contributed by atoms with Crippen LogP contribution in [-0.4, -0.2) is 58.2 Å². The Morgan fingerprint density at radius 1 is 1.02 bits per heavy atom. The average Bonchev–Trinajstić information content (AvgIpc) is 3.00. The third-order valence-corrected chi connectivity index (χ3v) is 9.26. The van der Waals surface area contributed by atoms with Crippen LogP contribution in [0.4, 0.5) is 5.95 Å². The molecule has 0 radical (unpaired) electrons. The zero-order chi connectivity index (χ0) is 33.6. The van der Waals surface area contributed by atoms with Gasteiger partial charge in [0.05, 0.1) is 41.2 Å². The minimum absolute atomic E-state index is 0. The third-order valence-electron chi connectivity index (χ3n) is 7.93. The molecule has 12 nitrogen and oxygen atoms in total. The molecule has 1 aliphatic carbocycles. The maximum atomic E-state index is 13.3. The molecule has 0 aliphatic heterocycles. The molecule has 0 saturated heterocycles. The van der Waals surface area contributed by atoms with Crippen molar-refractivity contribution in [2.45, 2.75) is 77.0 Å². The molecule has 0 bridgehead atoms. The fraction of sp³-hybridized carbons (Fsp3) is 0.382. The summed E-state index contributed by atoms with van der Waals surface area (Å²) in [5.41, 5.74) is 3.07. The van der Waals surface area contributed by atoms with E-state index in [1.165, 1.54) is 24.6 Å². The number of anilines is 1. The van der Waals surface area contributed by atoms with Gasteiger partial charge in [0.1, 0.15) is 12.4 Å². The molecule has 5 rings (SSSR count). The number of sulfonamides is 1. The van der Waals surface area contributed by atoms with Crippen LogP contribution in [0.25, 0.3) is 11.3 Å². The molecule has 2 aromatic carbocycles. The normalized spacial score (nSPS) is 13.7. The van der Waals surface area contributed by atoms with Gasteiger partial charge < -0.3 is 19.9 Å². The Morgan fingerprint density at radius 3 is 2.33 bits per heavy atom. The molecule has 4 aromatic rings. The van der Waals surface area contributed by atoms with E-state index in [-0.39, 0.29) is 53.4 Å². The maximum absolute atomic E-state index is 13.3. The number of aromatic nitrogens is 4. The van der Waals surface area contributed by atoms with Gasteiger partial charge in [-0.3, -0.25) is 0 Å².